The summed E-state index contributed by atoms with van der Waals surface area (Å²) in [6.07, 6.45) is 2.98. The Kier molecular flexibility index (Phi) is 6.66. The summed E-state index contributed by atoms with van der Waals surface area (Å²) < 4.78 is 2.32. The molecule has 1 aliphatic heterocycles. The molecule has 1 amide bonds. The Morgan fingerprint density at radius 2 is 1.58 bits per heavy atom. The minimum absolute atomic E-state index is 0.0594. The fourth-order valence-electron chi connectivity index (χ4n) is 4.71. The number of aromatic nitrogens is 1. The molecule has 36 heavy (non-hydrogen) atoms. The SMILES string of the molecule is CCc1cccc(C)c1-n1c(C)cc(C=C2SC(=Nc3ccccc3)N(c3ccccc3)C2=O)c1C. The molecule has 1 aromatic heterocycles. The molecule has 1 fully saturated rings. The van der Waals surface area contributed by atoms with Crippen molar-refractivity contribution >= 4 is 40.3 Å². The van der Waals surface area contributed by atoms with Crippen LogP contribution in [0.3, 0.4) is 0 Å². The first-order valence-corrected chi connectivity index (χ1v) is 13.0. The second kappa shape index (κ2) is 10.0. The van der Waals surface area contributed by atoms with E-state index >= 15 is 0 Å². The zero-order valence-electron chi connectivity index (χ0n) is 21.0. The molecule has 0 N–H and O–H groups in total. The Balaban J connectivity index is 1.59. The number of rotatable bonds is 5. The van der Waals surface area contributed by atoms with E-state index in [1.54, 1.807) is 4.90 Å². The third-order valence-electron chi connectivity index (χ3n) is 6.48. The number of hydrogen-bond acceptors (Lipinski definition) is 3. The highest BCUT2D eigenvalue weighted by Crippen LogP contribution is 2.38. The van der Waals surface area contributed by atoms with Crippen LogP contribution in [-0.2, 0) is 11.2 Å². The number of hydrogen-bond donors (Lipinski definition) is 0. The fourth-order valence-corrected chi connectivity index (χ4v) is 5.70. The Morgan fingerprint density at radius 1 is 0.889 bits per heavy atom. The first-order chi connectivity index (χ1) is 17.5. The van der Waals surface area contributed by atoms with Gasteiger partial charge in [0.1, 0.15) is 0 Å². The van der Waals surface area contributed by atoms with Crippen LogP contribution in [0.5, 0.6) is 0 Å². The van der Waals surface area contributed by atoms with Crippen LogP contribution < -0.4 is 4.90 Å². The summed E-state index contributed by atoms with van der Waals surface area (Å²) in [6, 6.07) is 28.1. The number of benzene rings is 3. The lowest BCUT2D eigenvalue weighted by Gasteiger charge is -2.17. The number of amidine groups is 1. The minimum Gasteiger partial charge on any atom is -0.317 e. The summed E-state index contributed by atoms with van der Waals surface area (Å²) in [5.41, 5.74) is 8.74. The number of nitrogens with zero attached hydrogens (tertiary/aromatic N) is 3. The van der Waals surface area contributed by atoms with E-state index in [9.17, 15) is 4.79 Å². The Hall–Kier alpha value is -3.83. The highest BCUT2D eigenvalue weighted by atomic mass is 32.2. The minimum atomic E-state index is -0.0594. The maximum absolute atomic E-state index is 13.7. The molecular formula is C31H29N3OS. The number of anilines is 1. The average molecular weight is 492 g/mol. The van der Waals surface area contributed by atoms with Gasteiger partial charge in [-0.25, -0.2) is 4.99 Å². The van der Waals surface area contributed by atoms with Crippen molar-refractivity contribution in [3.8, 4) is 5.69 Å². The molecule has 0 unspecified atom stereocenters. The van der Waals surface area contributed by atoms with Crippen LogP contribution in [-0.4, -0.2) is 15.6 Å². The Bertz CT molecular complexity index is 1480. The summed E-state index contributed by atoms with van der Waals surface area (Å²) in [7, 11) is 0. The van der Waals surface area contributed by atoms with Gasteiger partial charge in [0.15, 0.2) is 5.17 Å². The van der Waals surface area contributed by atoms with Gasteiger partial charge in [-0.3, -0.25) is 9.69 Å². The Morgan fingerprint density at radius 3 is 2.28 bits per heavy atom. The van der Waals surface area contributed by atoms with Gasteiger partial charge in [-0.2, -0.15) is 0 Å². The van der Waals surface area contributed by atoms with Gasteiger partial charge in [-0.15, -0.1) is 0 Å². The van der Waals surface area contributed by atoms with Crippen molar-refractivity contribution in [1.82, 2.24) is 4.57 Å². The van der Waals surface area contributed by atoms with E-state index in [-0.39, 0.29) is 5.91 Å². The molecule has 5 heteroatoms. The summed E-state index contributed by atoms with van der Waals surface area (Å²) in [5, 5.41) is 0.657. The van der Waals surface area contributed by atoms with E-state index in [0.29, 0.717) is 10.1 Å². The van der Waals surface area contributed by atoms with Gasteiger partial charge in [-0.1, -0.05) is 61.5 Å². The van der Waals surface area contributed by atoms with Crippen LogP contribution in [0.1, 0.15) is 35.0 Å². The van der Waals surface area contributed by atoms with E-state index in [1.807, 2.05) is 66.7 Å². The van der Waals surface area contributed by atoms with Crippen molar-refractivity contribution in [3.05, 3.63) is 118 Å². The lowest BCUT2D eigenvalue weighted by Crippen LogP contribution is -2.28. The van der Waals surface area contributed by atoms with Gasteiger partial charge < -0.3 is 4.57 Å². The van der Waals surface area contributed by atoms with Crippen LogP contribution in [0.25, 0.3) is 11.8 Å². The second-order valence-electron chi connectivity index (χ2n) is 8.91. The monoisotopic (exact) mass is 491 g/mol. The molecule has 1 saturated heterocycles. The fraction of sp³-hybridized carbons (Fsp3) is 0.161. The van der Waals surface area contributed by atoms with Crippen molar-refractivity contribution in [1.29, 1.82) is 0 Å². The third-order valence-corrected chi connectivity index (χ3v) is 7.45. The van der Waals surface area contributed by atoms with Gasteiger partial charge in [-0.05, 0) is 92.1 Å². The molecule has 0 saturated carbocycles. The third kappa shape index (κ3) is 4.42. The van der Waals surface area contributed by atoms with E-state index in [4.69, 9.17) is 4.99 Å². The normalized spacial score (nSPS) is 15.9. The summed E-state index contributed by atoms with van der Waals surface area (Å²) in [6.45, 7) is 8.60. The number of carbonyl (C=O) groups excluding carboxylic acids is 1. The van der Waals surface area contributed by atoms with Crippen LogP contribution in [0.2, 0.25) is 0 Å². The summed E-state index contributed by atoms with van der Waals surface area (Å²) in [5.74, 6) is -0.0594. The number of amides is 1. The summed E-state index contributed by atoms with van der Waals surface area (Å²) >= 11 is 1.42. The lowest BCUT2D eigenvalue weighted by atomic mass is 10.1. The molecule has 3 aromatic carbocycles. The van der Waals surface area contributed by atoms with E-state index in [1.165, 1.54) is 28.6 Å². The molecule has 1 aliphatic rings. The van der Waals surface area contributed by atoms with Crippen molar-refractivity contribution in [2.75, 3.05) is 4.90 Å². The molecule has 2 heterocycles. The molecular weight excluding hydrogens is 462 g/mol. The molecule has 180 valence electrons. The molecule has 0 atom stereocenters. The molecule has 0 spiro atoms. The number of thioether (sulfide) groups is 1. The zero-order valence-corrected chi connectivity index (χ0v) is 21.8. The largest absolute Gasteiger partial charge is 0.317 e. The standard InChI is InChI=1S/C31H29N3OS/c1-5-24-14-12-13-21(2)29(24)33-22(3)19-25(23(33)4)20-28-30(35)34(27-17-10-7-11-18-27)31(36-28)32-26-15-8-6-9-16-26/h6-20H,5H2,1-4H3. The summed E-state index contributed by atoms with van der Waals surface area (Å²) in [4.78, 5) is 20.9. The lowest BCUT2D eigenvalue weighted by molar-refractivity contribution is -0.113. The van der Waals surface area contributed by atoms with Crippen LogP contribution in [0.4, 0.5) is 11.4 Å². The molecule has 4 aromatic rings. The number of aryl methyl sites for hydroxylation is 3. The zero-order chi connectivity index (χ0) is 25.2. The highest BCUT2D eigenvalue weighted by Gasteiger charge is 2.35. The molecule has 4 nitrogen and oxygen atoms in total. The predicted molar refractivity (Wildman–Crippen MR) is 152 cm³/mol. The maximum Gasteiger partial charge on any atom is 0.271 e. The highest BCUT2D eigenvalue weighted by molar-refractivity contribution is 8.19. The van der Waals surface area contributed by atoms with Crippen molar-refractivity contribution in [3.63, 3.8) is 0 Å². The van der Waals surface area contributed by atoms with Crippen molar-refractivity contribution < 1.29 is 4.79 Å². The van der Waals surface area contributed by atoms with Gasteiger partial charge in [0.2, 0.25) is 0 Å². The van der Waals surface area contributed by atoms with E-state index < -0.39 is 0 Å². The number of para-hydroxylation sites is 3. The molecule has 0 bridgehead atoms. The molecule has 0 radical (unpaired) electrons. The van der Waals surface area contributed by atoms with Crippen LogP contribution >= 0.6 is 11.8 Å². The second-order valence-corrected chi connectivity index (χ2v) is 9.92. The smallest absolute Gasteiger partial charge is 0.271 e. The van der Waals surface area contributed by atoms with E-state index in [2.05, 4.69) is 56.5 Å². The molecule has 5 rings (SSSR count). The maximum atomic E-state index is 13.7. The van der Waals surface area contributed by atoms with Crippen LogP contribution in [0, 0.1) is 20.8 Å². The molecule has 0 aliphatic carbocycles. The first kappa shape index (κ1) is 23.9. The van der Waals surface area contributed by atoms with Gasteiger partial charge in [0.05, 0.1) is 22.0 Å². The van der Waals surface area contributed by atoms with Crippen molar-refractivity contribution in [2.45, 2.75) is 34.1 Å². The topological polar surface area (TPSA) is 37.6 Å². The average Bonchev–Trinajstić information content (AvgIpc) is 3.34. The van der Waals surface area contributed by atoms with Crippen molar-refractivity contribution in [2.24, 2.45) is 4.99 Å². The van der Waals surface area contributed by atoms with E-state index in [0.717, 1.165) is 34.7 Å². The van der Waals surface area contributed by atoms with Gasteiger partial charge in [0, 0.05) is 11.4 Å². The number of carbonyl (C=O) groups is 1. The van der Waals surface area contributed by atoms with Crippen LogP contribution in [0.15, 0.2) is 94.8 Å². The Labute approximate surface area is 217 Å². The first-order valence-electron chi connectivity index (χ1n) is 12.2. The number of aliphatic imine (C=N–C) groups is 1. The quantitative estimate of drug-likeness (QED) is 0.267. The predicted octanol–water partition coefficient (Wildman–Crippen LogP) is 7.77. The van der Waals surface area contributed by atoms with Gasteiger partial charge in [0.25, 0.3) is 5.91 Å². The van der Waals surface area contributed by atoms with Gasteiger partial charge >= 0.3 is 0 Å².